The minimum atomic E-state index is -0.734. The van der Waals surface area contributed by atoms with Crippen LogP contribution in [0.15, 0.2) is 28.7 Å². The van der Waals surface area contributed by atoms with E-state index in [1.807, 2.05) is 24.3 Å². The molecule has 0 heterocycles. The first kappa shape index (κ1) is 14.8. The van der Waals surface area contributed by atoms with E-state index in [4.69, 9.17) is 5.11 Å². The molecule has 0 spiro atoms. The molecule has 1 aromatic rings. The maximum atomic E-state index is 11.8. The number of carboxylic acids is 1. The molecule has 1 saturated carbocycles. The van der Waals surface area contributed by atoms with Crippen molar-refractivity contribution in [1.82, 2.24) is 5.32 Å². The van der Waals surface area contributed by atoms with Crippen LogP contribution in [-0.4, -0.2) is 23.1 Å². The molecule has 2 rings (SSSR count). The minimum absolute atomic E-state index is 0.0565. The number of halogens is 1. The van der Waals surface area contributed by atoms with E-state index in [0.717, 1.165) is 10.2 Å². The molecule has 6 heteroatoms. The average Bonchev–Trinajstić information content (AvgIpc) is 2.42. The Hall–Kier alpha value is -1.56. The fourth-order valence-electron chi connectivity index (χ4n) is 2.37. The first-order chi connectivity index (χ1) is 9.54. The predicted octanol–water partition coefficient (Wildman–Crippen LogP) is 3.21. The van der Waals surface area contributed by atoms with Crippen LogP contribution in [0.4, 0.5) is 10.5 Å². The minimum Gasteiger partial charge on any atom is -0.481 e. The van der Waals surface area contributed by atoms with Gasteiger partial charge in [0.25, 0.3) is 0 Å². The third-order valence-corrected chi connectivity index (χ3v) is 4.04. The molecule has 0 radical (unpaired) electrons. The molecule has 0 unspecified atom stereocenters. The van der Waals surface area contributed by atoms with Gasteiger partial charge in [0.15, 0.2) is 0 Å². The molecule has 0 saturated heterocycles. The van der Waals surface area contributed by atoms with Gasteiger partial charge < -0.3 is 15.7 Å². The van der Waals surface area contributed by atoms with E-state index in [0.29, 0.717) is 25.7 Å². The van der Waals surface area contributed by atoms with E-state index in [-0.39, 0.29) is 18.0 Å². The fraction of sp³-hybridized carbons (Fsp3) is 0.429. The molecular weight excluding hydrogens is 324 g/mol. The SMILES string of the molecule is O=C(Nc1ccc(Br)cc1)NC1CCC(C(=O)O)CC1. The van der Waals surface area contributed by atoms with Gasteiger partial charge in [0.2, 0.25) is 0 Å². The summed E-state index contributed by atoms with van der Waals surface area (Å²) in [5.74, 6) is -0.995. The Morgan fingerprint density at radius 1 is 1.10 bits per heavy atom. The molecule has 1 fully saturated rings. The fourth-order valence-corrected chi connectivity index (χ4v) is 2.63. The van der Waals surface area contributed by atoms with Crippen molar-refractivity contribution in [1.29, 1.82) is 0 Å². The lowest BCUT2D eigenvalue weighted by atomic mass is 9.86. The molecule has 1 aliphatic rings. The number of urea groups is 1. The highest BCUT2D eigenvalue weighted by Crippen LogP contribution is 2.24. The van der Waals surface area contributed by atoms with E-state index in [2.05, 4.69) is 26.6 Å². The third kappa shape index (κ3) is 4.23. The number of carbonyl (C=O) groups is 2. The number of benzene rings is 1. The summed E-state index contributed by atoms with van der Waals surface area (Å²) in [6.07, 6.45) is 2.67. The first-order valence-corrected chi connectivity index (χ1v) is 7.40. The second-order valence-corrected chi connectivity index (χ2v) is 5.91. The van der Waals surface area contributed by atoms with Crippen molar-refractivity contribution in [3.05, 3.63) is 28.7 Å². The summed E-state index contributed by atoms with van der Waals surface area (Å²) >= 11 is 3.33. The average molecular weight is 341 g/mol. The Labute approximate surface area is 125 Å². The van der Waals surface area contributed by atoms with Gasteiger partial charge in [-0.3, -0.25) is 4.79 Å². The number of hydrogen-bond donors (Lipinski definition) is 3. The van der Waals surface area contributed by atoms with Crippen LogP contribution in [0.2, 0.25) is 0 Å². The molecule has 5 nitrogen and oxygen atoms in total. The van der Waals surface area contributed by atoms with Crippen LogP contribution >= 0.6 is 15.9 Å². The maximum absolute atomic E-state index is 11.8. The van der Waals surface area contributed by atoms with Gasteiger partial charge in [0, 0.05) is 16.2 Å². The number of hydrogen-bond acceptors (Lipinski definition) is 2. The third-order valence-electron chi connectivity index (χ3n) is 3.51. The van der Waals surface area contributed by atoms with Crippen molar-refractivity contribution in [3.8, 4) is 0 Å². The second kappa shape index (κ2) is 6.74. The summed E-state index contributed by atoms with van der Waals surface area (Å²) in [4.78, 5) is 22.7. The molecule has 0 atom stereocenters. The van der Waals surface area contributed by atoms with Gasteiger partial charge >= 0.3 is 12.0 Å². The number of aliphatic carboxylic acids is 1. The quantitative estimate of drug-likeness (QED) is 0.790. The van der Waals surface area contributed by atoms with Crippen LogP contribution in [0.25, 0.3) is 0 Å². The van der Waals surface area contributed by atoms with Crippen LogP contribution < -0.4 is 10.6 Å². The molecular formula is C14H17BrN2O3. The van der Waals surface area contributed by atoms with Gasteiger partial charge in [-0.05, 0) is 49.9 Å². The molecule has 0 bridgehead atoms. The molecule has 2 amide bonds. The Balaban J connectivity index is 1.78. The van der Waals surface area contributed by atoms with Crippen molar-refractivity contribution < 1.29 is 14.7 Å². The topological polar surface area (TPSA) is 78.4 Å². The van der Waals surface area contributed by atoms with Crippen LogP contribution in [-0.2, 0) is 4.79 Å². The highest BCUT2D eigenvalue weighted by molar-refractivity contribution is 9.10. The van der Waals surface area contributed by atoms with Crippen molar-refractivity contribution in [2.24, 2.45) is 5.92 Å². The van der Waals surface area contributed by atoms with Gasteiger partial charge in [-0.25, -0.2) is 4.79 Å². The lowest BCUT2D eigenvalue weighted by Crippen LogP contribution is -2.40. The number of rotatable bonds is 3. The van der Waals surface area contributed by atoms with Crippen molar-refractivity contribution in [3.63, 3.8) is 0 Å². The zero-order valence-corrected chi connectivity index (χ0v) is 12.5. The van der Waals surface area contributed by atoms with Crippen molar-refractivity contribution in [2.75, 3.05) is 5.32 Å². The van der Waals surface area contributed by atoms with Gasteiger partial charge in [-0.15, -0.1) is 0 Å². The molecule has 0 aliphatic heterocycles. The summed E-state index contributed by atoms with van der Waals surface area (Å²) < 4.78 is 0.954. The van der Waals surface area contributed by atoms with Gasteiger partial charge in [0.1, 0.15) is 0 Å². The standard InChI is InChI=1S/C14H17BrN2O3/c15-10-3-7-12(8-4-10)17-14(20)16-11-5-1-9(2-6-11)13(18)19/h3-4,7-9,11H,1-2,5-6H2,(H,18,19)(H2,16,17,20). The summed E-state index contributed by atoms with van der Waals surface area (Å²) in [5, 5.41) is 14.6. The molecule has 1 aromatic carbocycles. The summed E-state index contributed by atoms with van der Waals surface area (Å²) in [6.45, 7) is 0. The van der Waals surface area contributed by atoms with Crippen LogP contribution in [0, 0.1) is 5.92 Å². The van der Waals surface area contributed by atoms with Crippen molar-refractivity contribution >= 4 is 33.6 Å². The lowest BCUT2D eigenvalue weighted by Gasteiger charge is -2.26. The highest BCUT2D eigenvalue weighted by atomic mass is 79.9. The molecule has 1 aliphatic carbocycles. The maximum Gasteiger partial charge on any atom is 0.319 e. The largest absolute Gasteiger partial charge is 0.481 e. The Morgan fingerprint density at radius 2 is 1.70 bits per heavy atom. The Bertz CT molecular complexity index is 482. The lowest BCUT2D eigenvalue weighted by molar-refractivity contribution is -0.142. The summed E-state index contributed by atoms with van der Waals surface area (Å²) in [5.41, 5.74) is 0.727. The summed E-state index contributed by atoms with van der Waals surface area (Å²) in [7, 11) is 0. The van der Waals surface area contributed by atoms with Crippen molar-refractivity contribution in [2.45, 2.75) is 31.7 Å². The van der Waals surface area contributed by atoms with E-state index in [1.165, 1.54) is 0 Å². The smallest absolute Gasteiger partial charge is 0.319 e. The van der Waals surface area contributed by atoms with E-state index in [1.54, 1.807) is 0 Å². The monoisotopic (exact) mass is 340 g/mol. The summed E-state index contributed by atoms with van der Waals surface area (Å²) in [6, 6.07) is 7.14. The number of anilines is 1. The molecule has 3 N–H and O–H groups in total. The zero-order valence-electron chi connectivity index (χ0n) is 10.9. The number of nitrogens with one attached hydrogen (secondary N) is 2. The Kier molecular flexibility index (Phi) is 5.00. The van der Waals surface area contributed by atoms with Gasteiger partial charge in [-0.1, -0.05) is 15.9 Å². The van der Waals surface area contributed by atoms with Gasteiger partial charge in [-0.2, -0.15) is 0 Å². The number of amides is 2. The Morgan fingerprint density at radius 3 is 2.25 bits per heavy atom. The number of carbonyl (C=O) groups excluding carboxylic acids is 1. The number of carboxylic acid groups (broad SMARTS) is 1. The molecule has 20 heavy (non-hydrogen) atoms. The molecule has 0 aromatic heterocycles. The van der Waals surface area contributed by atoms with Gasteiger partial charge in [0.05, 0.1) is 5.92 Å². The van der Waals surface area contributed by atoms with E-state index < -0.39 is 5.97 Å². The highest BCUT2D eigenvalue weighted by Gasteiger charge is 2.26. The molecule has 108 valence electrons. The van der Waals surface area contributed by atoms with Crippen LogP contribution in [0.5, 0.6) is 0 Å². The van der Waals surface area contributed by atoms with E-state index in [9.17, 15) is 9.59 Å². The van der Waals surface area contributed by atoms with E-state index >= 15 is 0 Å². The van der Waals surface area contributed by atoms with Crippen LogP contribution in [0.1, 0.15) is 25.7 Å². The normalized spacial score (nSPS) is 22.1. The second-order valence-electron chi connectivity index (χ2n) is 4.99. The first-order valence-electron chi connectivity index (χ1n) is 6.60. The zero-order chi connectivity index (χ0) is 14.5. The predicted molar refractivity (Wildman–Crippen MR) is 79.7 cm³/mol. The van der Waals surface area contributed by atoms with Crippen LogP contribution in [0.3, 0.4) is 0 Å².